The molecule has 11 aromatic rings. The average Bonchev–Trinajstić information content (AvgIpc) is 4.08. The summed E-state index contributed by atoms with van der Waals surface area (Å²) < 4.78 is 56.4. The Labute approximate surface area is 407 Å². The van der Waals surface area contributed by atoms with Gasteiger partial charge in [-0.05, 0) is 18.1 Å². The van der Waals surface area contributed by atoms with Crippen molar-refractivity contribution in [1.82, 2.24) is 18.7 Å². The van der Waals surface area contributed by atoms with E-state index in [9.17, 15) is 0 Å². The summed E-state index contributed by atoms with van der Waals surface area (Å²) in [6.45, 7) is 3.97. The molecular weight excluding hydrogens is 1000 g/mol. The molecule has 0 spiro atoms. The Kier molecular flexibility index (Phi) is 8.36. The van der Waals surface area contributed by atoms with Gasteiger partial charge in [-0.15, -0.1) is 0 Å². The molecular formula is C60H43N5OPt-2. The Bertz CT molecular complexity index is 4080. The summed E-state index contributed by atoms with van der Waals surface area (Å²) in [7, 11) is 0. The number of para-hydroxylation sites is 3. The third-order valence-electron chi connectivity index (χ3n) is 13.4. The van der Waals surface area contributed by atoms with Gasteiger partial charge in [0.2, 0.25) is 0 Å². The van der Waals surface area contributed by atoms with Crippen LogP contribution in [0.15, 0.2) is 182 Å². The normalized spacial score (nSPS) is 14.3. The van der Waals surface area contributed by atoms with E-state index in [1.54, 1.807) is 6.20 Å². The van der Waals surface area contributed by atoms with Crippen LogP contribution in [-0.4, -0.2) is 31.8 Å². The first-order chi connectivity index (χ1) is 35.2. The van der Waals surface area contributed by atoms with Crippen LogP contribution in [0.4, 0.5) is 5.69 Å². The number of aromatic nitrogens is 4. The Morgan fingerprint density at radius 1 is 0.597 bits per heavy atom. The van der Waals surface area contributed by atoms with Gasteiger partial charge in [-0.3, -0.25) is 0 Å². The number of hydrogen-bond donors (Lipinski definition) is 0. The van der Waals surface area contributed by atoms with E-state index in [2.05, 4.69) is 143 Å². The molecule has 6 nitrogen and oxygen atoms in total. The minimum absolute atomic E-state index is 0.121. The molecule has 0 radical (unpaired) electrons. The fourth-order valence-corrected chi connectivity index (χ4v) is 11.6. The van der Waals surface area contributed by atoms with Gasteiger partial charge in [0, 0.05) is 11.8 Å². The van der Waals surface area contributed by atoms with Gasteiger partial charge in [0.15, 0.2) is 0 Å². The van der Waals surface area contributed by atoms with Gasteiger partial charge in [0.1, 0.15) is 0 Å². The Morgan fingerprint density at radius 2 is 1.27 bits per heavy atom. The second-order valence-electron chi connectivity index (χ2n) is 17.2. The first kappa shape index (κ1) is 34.8. The molecule has 13 rings (SSSR count). The van der Waals surface area contributed by atoms with Crippen LogP contribution in [0.1, 0.15) is 30.0 Å². The van der Waals surface area contributed by atoms with Gasteiger partial charge in [0.25, 0.3) is 0 Å². The van der Waals surface area contributed by atoms with E-state index >= 15 is 0 Å². The van der Waals surface area contributed by atoms with Gasteiger partial charge >= 0.3 is 330 Å². The Balaban J connectivity index is 0.943. The second kappa shape index (κ2) is 16.1. The monoisotopic (exact) mass is 1050 g/mol. The van der Waals surface area contributed by atoms with E-state index in [0.29, 0.717) is 28.4 Å². The fourth-order valence-electron chi connectivity index (χ4n) is 10.6. The molecule has 7 heteroatoms. The molecule has 0 amide bonds. The molecule has 5 heterocycles. The van der Waals surface area contributed by atoms with Crippen LogP contribution in [0.25, 0.3) is 83.4 Å². The number of imidazole rings is 1. The quantitative estimate of drug-likeness (QED) is 0.142. The van der Waals surface area contributed by atoms with Gasteiger partial charge < -0.3 is 0 Å². The Morgan fingerprint density at radius 3 is 2.01 bits per heavy atom. The molecule has 0 bridgehead atoms. The van der Waals surface area contributed by atoms with Crippen LogP contribution in [0.3, 0.4) is 0 Å². The number of rotatable bonds is 8. The molecule has 0 unspecified atom stereocenters. The number of fused-ring (bicyclic) bond motifs is 4. The maximum absolute atomic E-state index is 8.63. The number of ether oxygens (including phenoxy) is 1. The van der Waals surface area contributed by atoms with Gasteiger partial charge in [-0.2, -0.15) is 0 Å². The standard InChI is InChI=1S/C60H43N5O.Pt/c1-40-35-56(61-38-51(40)41-17-5-2-6-18-41)65-52-27-12-11-25-47(52)48-31-30-46(37-55(48)65)66-45-24-15-23-44(36-45)63-39-64(54-29-14-13-28-53(54)63)60-57(42-19-7-3-8-20-42)49-26-16-33-62-34-32-50(59(49)62)58(60)43-21-9-4-10-22-43;/h2-15,17-25,27-31,35,38H,16,26,32-34H2,1H3;/q-2;/i2D,5D,6D,17D,18D;. The van der Waals surface area contributed by atoms with Crippen molar-refractivity contribution in [3.63, 3.8) is 0 Å². The van der Waals surface area contributed by atoms with Crippen molar-refractivity contribution in [3.8, 4) is 62.1 Å². The average molecular weight is 1050 g/mol. The predicted molar refractivity (Wildman–Crippen MR) is 267 cm³/mol. The SMILES string of the molecule is [2H]c1c([2H])c([2H])c(-c2cnc(-n3c4[c-]c(Oc5[c-]c(-n6[c](=[Pt])n(-c7c(-c8ccccc8)c8c9c(c7-c7ccccc7)CCN9CCC8)c7ccccc76)ccc5)ccc4c4ccccc43)cc2C)c([2H])c1[2H]. The maximum atomic E-state index is 8.63. The van der Waals surface area contributed by atoms with E-state index in [1.165, 1.54) is 44.8 Å². The van der Waals surface area contributed by atoms with Crippen LogP contribution in [0, 0.1) is 22.9 Å². The van der Waals surface area contributed by atoms with E-state index in [1.807, 2.05) is 60.0 Å². The topological polar surface area (TPSA) is 40.1 Å². The van der Waals surface area contributed by atoms with E-state index in [4.69, 9.17) is 16.6 Å². The molecule has 0 saturated carbocycles. The number of nitrogens with zero attached hydrogens (tertiary/aromatic N) is 5. The van der Waals surface area contributed by atoms with Crippen molar-refractivity contribution in [2.24, 2.45) is 0 Å². The summed E-state index contributed by atoms with van der Waals surface area (Å²) in [5, 5.41) is 1.97. The van der Waals surface area contributed by atoms with Crippen LogP contribution in [-0.2, 0) is 32.2 Å². The molecule has 8 aromatic carbocycles. The molecule has 0 saturated heterocycles. The van der Waals surface area contributed by atoms with Crippen LogP contribution in [0.2, 0.25) is 0 Å². The molecule has 0 N–H and O–H groups in total. The van der Waals surface area contributed by atoms with Gasteiger partial charge in [-0.25, -0.2) is 0 Å². The van der Waals surface area contributed by atoms with Gasteiger partial charge in [-0.1, -0.05) is 42.3 Å². The molecule has 2 aliphatic heterocycles. The van der Waals surface area contributed by atoms with E-state index in [0.717, 1.165) is 74.7 Å². The molecule has 0 aliphatic carbocycles. The van der Waals surface area contributed by atoms with Crippen molar-refractivity contribution in [1.29, 1.82) is 0 Å². The zero-order chi connectivity index (χ0) is 48.9. The zero-order valence-corrected chi connectivity index (χ0v) is 38.7. The fraction of sp³-hybridized carbons (Fsp3) is 0.100. The molecule has 2 aliphatic rings. The summed E-state index contributed by atoms with van der Waals surface area (Å²) >= 11 is 2.51. The second-order valence-corrected chi connectivity index (χ2v) is 18.2. The predicted octanol–water partition coefficient (Wildman–Crippen LogP) is 14.0. The number of hydrogen-bond acceptors (Lipinski definition) is 3. The minimum Gasteiger partial charge on any atom is -0.0616 e. The number of benzene rings is 8. The van der Waals surface area contributed by atoms with Crippen molar-refractivity contribution in [2.45, 2.75) is 26.2 Å². The van der Waals surface area contributed by atoms with E-state index in [-0.39, 0.29) is 29.7 Å². The van der Waals surface area contributed by atoms with Crippen LogP contribution in [0.5, 0.6) is 11.5 Å². The van der Waals surface area contributed by atoms with Crippen LogP contribution < -0.4 is 9.64 Å². The number of aryl methyl sites for hydroxylation is 1. The van der Waals surface area contributed by atoms with Crippen molar-refractivity contribution >= 4 is 38.5 Å². The van der Waals surface area contributed by atoms with E-state index < -0.39 is 6.04 Å². The third kappa shape index (κ3) is 6.49. The Hall–Kier alpha value is -7.53. The van der Waals surface area contributed by atoms with Crippen LogP contribution >= 0.6 is 0 Å². The van der Waals surface area contributed by atoms with Crippen molar-refractivity contribution in [2.75, 3.05) is 18.0 Å². The number of pyridine rings is 1. The smallest absolute Gasteiger partial charge is 0.0616 e. The molecule has 3 aromatic heterocycles. The summed E-state index contributed by atoms with van der Waals surface area (Å²) in [4.78, 5) is 7.49. The minimum atomic E-state index is -0.429. The molecule has 326 valence electrons. The summed E-state index contributed by atoms with van der Waals surface area (Å²) in [5.41, 5.74) is 16.4. The first-order valence-electron chi connectivity index (χ1n) is 25.1. The van der Waals surface area contributed by atoms with Crippen molar-refractivity contribution < 1.29 is 30.9 Å². The third-order valence-corrected chi connectivity index (χ3v) is 14.4. The summed E-state index contributed by atoms with van der Waals surface area (Å²) in [5.74, 6) is 1.62. The molecule has 0 fully saturated rings. The summed E-state index contributed by atoms with van der Waals surface area (Å²) in [6.07, 6.45) is 4.73. The summed E-state index contributed by atoms with van der Waals surface area (Å²) in [6, 6.07) is 56.0. The first-order valence-corrected chi connectivity index (χ1v) is 23.8. The van der Waals surface area contributed by atoms with Gasteiger partial charge in [0.05, 0.1) is 6.85 Å². The zero-order valence-electron chi connectivity index (χ0n) is 41.4. The molecule has 0 atom stereocenters. The molecule has 67 heavy (non-hydrogen) atoms. The van der Waals surface area contributed by atoms with Crippen molar-refractivity contribution in [3.05, 3.63) is 215 Å². The number of anilines is 1.